The van der Waals surface area contributed by atoms with Crippen LogP contribution in [-0.4, -0.2) is 16.9 Å². The van der Waals surface area contributed by atoms with E-state index >= 15 is 0 Å². The Hall–Kier alpha value is -1.95. The van der Waals surface area contributed by atoms with Crippen LogP contribution in [0.4, 0.5) is 11.4 Å². The maximum absolute atomic E-state index is 12.3. The van der Waals surface area contributed by atoms with Crippen LogP contribution < -0.4 is 11.1 Å². The number of nitrogens with two attached hydrogens (primary N) is 1. The van der Waals surface area contributed by atoms with Gasteiger partial charge in [0.25, 0.3) is 5.69 Å². The number of nitro benzene ring substituents is 1. The quantitative estimate of drug-likeness (QED) is 0.503. The van der Waals surface area contributed by atoms with Crippen molar-refractivity contribution in [2.45, 2.75) is 38.1 Å². The third-order valence-corrected chi connectivity index (χ3v) is 3.73. The third-order valence-electron chi connectivity index (χ3n) is 3.73. The third kappa shape index (κ3) is 3.54. The molecule has 0 bridgehead atoms. The molecule has 1 amide bonds. The van der Waals surface area contributed by atoms with Gasteiger partial charge in [0.05, 0.1) is 10.8 Å². The lowest BCUT2D eigenvalue weighted by Crippen LogP contribution is -2.37. The summed E-state index contributed by atoms with van der Waals surface area (Å²) in [5, 5.41) is 13.5. The smallest absolute Gasteiger partial charge is 0.271 e. The molecule has 2 atom stereocenters. The highest BCUT2D eigenvalue weighted by atomic mass is 16.6. The first kappa shape index (κ1) is 14.5. The second kappa shape index (κ2) is 6.47. The van der Waals surface area contributed by atoms with Gasteiger partial charge in [-0.2, -0.15) is 0 Å². The fourth-order valence-corrected chi connectivity index (χ4v) is 2.59. The molecule has 2 rings (SSSR count). The van der Waals surface area contributed by atoms with E-state index in [4.69, 9.17) is 5.73 Å². The predicted octanol–water partition coefficient (Wildman–Crippen LogP) is 2.44. The number of amides is 1. The maximum atomic E-state index is 12.3. The summed E-state index contributed by atoms with van der Waals surface area (Å²) in [5.74, 6) is -0.350. The molecule has 0 saturated heterocycles. The van der Waals surface area contributed by atoms with Crippen LogP contribution in [0.15, 0.2) is 24.3 Å². The number of hydrogen-bond acceptors (Lipinski definition) is 4. The molecule has 0 spiro atoms. The zero-order chi connectivity index (χ0) is 14.5. The first-order valence-electron chi connectivity index (χ1n) is 6.89. The molecular weight excluding hydrogens is 258 g/mol. The number of hydrogen-bond donors (Lipinski definition) is 2. The molecule has 1 aliphatic carbocycles. The molecule has 0 aromatic heterocycles. The Labute approximate surface area is 117 Å². The summed E-state index contributed by atoms with van der Waals surface area (Å²) in [6, 6.07) is 5.83. The van der Waals surface area contributed by atoms with E-state index < -0.39 is 4.92 Å². The maximum Gasteiger partial charge on any atom is 0.271 e. The Balaban J connectivity index is 2.06. The number of nitrogens with zero attached hydrogens (tertiary/aromatic N) is 1. The van der Waals surface area contributed by atoms with Gasteiger partial charge >= 0.3 is 0 Å². The van der Waals surface area contributed by atoms with Gasteiger partial charge in [0.15, 0.2) is 0 Å². The van der Waals surface area contributed by atoms with Crippen molar-refractivity contribution in [2.24, 2.45) is 11.7 Å². The van der Waals surface area contributed by atoms with Gasteiger partial charge in [-0.15, -0.1) is 0 Å². The lowest BCUT2D eigenvalue weighted by Gasteiger charge is -2.20. The highest BCUT2D eigenvalue weighted by molar-refractivity contribution is 5.93. The van der Waals surface area contributed by atoms with Gasteiger partial charge in [-0.25, -0.2) is 0 Å². The standard InChI is InChI=1S/C14H19N3O3/c15-13-8-3-1-2-7-12(13)14(18)16-10-5-4-6-11(9-10)17(19)20/h4-6,9,12-13H,1-3,7-8,15H2,(H,16,18). The number of carbonyl (C=O) groups is 1. The molecule has 6 heteroatoms. The van der Waals surface area contributed by atoms with Crippen LogP contribution in [0.1, 0.15) is 32.1 Å². The number of non-ortho nitro benzene ring substituents is 1. The summed E-state index contributed by atoms with van der Waals surface area (Å²) in [7, 11) is 0. The molecule has 0 aliphatic heterocycles. The molecule has 6 nitrogen and oxygen atoms in total. The largest absolute Gasteiger partial charge is 0.327 e. The monoisotopic (exact) mass is 277 g/mol. The van der Waals surface area contributed by atoms with Crippen molar-refractivity contribution in [3.8, 4) is 0 Å². The minimum atomic E-state index is -0.479. The molecule has 1 saturated carbocycles. The highest BCUT2D eigenvalue weighted by Crippen LogP contribution is 2.24. The number of anilines is 1. The minimum Gasteiger partial charge on any atom is -0.327 e. The molecule has 2 unspecified atom stereocenters. The molecule has 1 aromatic carbocycles. The van der Waals surface area contributed by atoms with Crippen molar-refractivity contribution in [1.29, 1.82) is 0 Å². The summed E-state index contributed by atoms with van der Waals surface area (Å²) in [5.41, 5.74) is 6.45. The summed E-state index contributed by atoms with van der Waals surface area (Å²) in [6.45, 7) is 0. The van der Waals surface area contributed by atoms with Crippen molar-refractivity contribution in [3.05, 3.63) is 34.4 Å². The van der Waals surface area contributed by atoms with E-state index in [1.54, 1.807) is 12.1 Å². The molecule has 0 radical (unpaired) electrons. The van der Waals surface area contributed by atoms with Crippen LogP contribution in [0.2, 0.25) is 0 Å². The van der Waals surface area contributed by atoms with Crippen LogP contribution in [0.5, 0.6) is 0 Å². The van der Waals surface area contributed by atoms with Crippen LogP contribution in [0.3, 0.4) is 0 Å². The number of carbonyl (C=O) groups excluding carboxylic acids is 1. The number of rotatable bonds is 3. The van der Waals surface area contributed by atoms with E-state index in [2.05, 4.69) is 5.32 Å². The van der Waals surface area contributed by atoms with E-state index in [1.807, 2.05) is 0 Å². The zero-order valence-electron chi connectivity index (χ0n) is 11.2. The summed E-state index contributed by atoms with van der Waals surface area (Å²) < 4.78 is 0. The zero-order valence-corrected chi connectivity index (χ0v) is 11.2. The van der Waals surface area contributed by atoms with Gasteiger partial charge < -0.3 is 11.1 Å². The summed E-state index contributed by atoms with van der Waals surface area (Å²) >= 11 is 0. The Kier molecular flexibility index (Phi) is 4.68. The molecule has 108 valence electrons. The fraction of sp³-hybridized carbons (Fsp3) is 0.500. The van der Waals surface area contributed by atoms with E-state index in [1.165, 1.54) is 12.1 Å². The molecule has 1 aromatic rings. The van der Waals surface area contributed by atoms with Gasteiger partial charge in [0.1, 0.15) is 0 Å². The van der Waals surface area contributed by atoms with Crippen molar-refractivity contribution in [1.82, 2.24) is 0 Å². The van der Waals surface area contributed by atoms with Crippen molar-refractivity contribution < 1.29 is 9.72 Å². The van der Waals surface area contributed by atoms with Crippen molar-refractivity contribution >= 4 is 17.3 Å². The molecule has 1 aliphatic rings. The molecular formula is C14H19N3O3. The second-order valence-electron chi connectivity index (χ2n) is 5.21. The lowest BCUT2D eigenvalue weighted by molar-refractivity contribution is -0.384. The molecule has 0 heterocycles. The number of nitro groups is 1. The van der Waals surface area contributed by atoms with Gasteiger partial charge in [0.2, 0.25) is 5.91 Å². The van der Waals surface area contributed by atoms with E-state index in [0.29, 0.717) is 5.69 Å². The van der Waals surface area contributed by atoms with Crippen LogP contribution in [0, 0.1) is 16.0 Å². The molecule has 1 fully saturated rings. The van der Waals surface area contributed by atoms with Gasteiger partial charge in [-0.3, -0.25) is 14.9 Å². The normalized spacial score (nSPS) is 22.9. The van der Waals surface area contributed by atoms with Gasteiger partial charge in [0, 0.05) is 23.9 Å². The second-order valence-corrected chi connectivity index (χ2v) is 5.21. The first-order chi connectivity index (χ1) is 9.58. The first-order valence-corrected chi connectivity index (χ1v) is 6.89. The Morgan fingerprint density at radius 2 is 2.05 bits per heavy atom. The van der Waals surface area contributed by atoms with Crippen LogP contribution in [0.25, 0.3) is 0 Å². The van der Waals surface area contributed by atoms with E-state index in [0.717, 1.165) is 32.1 Å². The highest BCUT2D eigenvalue weighted by Gasteiger charge is 2.27. The Bertz CT molecular complexity index is 504. The summed E-state index contributed by atoms with van der Waals surface area (Å²) in [4.78, 5) is 22.5. The average molecular weight is 277 g/mol. The van der Waals surface area contributed by atoms with E-state index in [9.17, 15) is 14.9 Å². The van der Waals surface area contributed by atoms with Crippen molar-refractivity contribution in [3.63, 3.8) is 0 Å². The predicted molar refractivity (Wildman–Crippen MR) is 76.3 cm³/mol. The average Bonchev–Trinajstić information content (AvgIpc) is 2.63. The topological polar surface area (TPSA) is 98.3 Å². The van der Waals surface area contributed by atoms with Crippen LogP contribution >= 0.6 is 0 Å². The Morgan fingerprint density at radius 3 is 2.80 bits per heavy atom. The SMILES string of the molecule is NC1CCCCCC1C(=O)Nc1cccc([N+](=O)[O-])c1. The number of nitrogens with one attached hydrogen (secondary N) is 1. The minimum absolute atomic E-state index is 0.0343. The summed E-state index contributed by atoms with van der Waals surface area (Å²) in [6.07, 6.45) is 4.80. The van der Waals surface area contributed by atoms with Crippen LogP contribution in [-0.2, 0) is 4.79 Å². The van der Waals surface area contributed by atoms with Crippen molar-refractivity contribution in [2.75, 3.05) is 5.32 Å². The lowest BCUT2D eigenvalue weighted by atomic mass is 9.94. The molecule has 3 N–H and O–H groups in total. The fourth-order valence-electron chi connectivity index (χ4n) is 2.59. The number of benzene rings is 1. The van der Waals surface area contributed by atoms with Gasteiger partial charge in [-0.05, 0) is 18.9 Å². The Morgan fingerprint density at radius 1 is 1.30 bits per heavy atom. The molecule has 20 heavy (non-hydrogen) atoms. The van der Waals surface area contributed by atoms with Gasteiger partial charge in [-0.1, -0.05) is 25.3 Å². The van der Waals surface area contributed by atoms with E-state index in [-0.39, 0.29) is 23.6 Å².